The molecule has 1 heterocycles. The number of esters is 2. The van der Waals surface area contributed by atoms with Gasteiger partial charge in [0.05, 0.1) is 11.3 Å². The molecule has 1 aromatic carbocycles. The molecule has 0 aliphatic carbocycles. The van der Waals surface area contributed by atoms with Gasteiger partial charge in [0.1, 0.15) is 0 Å². The molecule has 2 rings (SSSR count). The van der Waals surface area contributed by atoms with Gasteiger partial charge in [0, 0.05) is 20.1 Å². The molecule has 124 valence electrons. The van der Waals surface area contributed by atoms with Gasteiger partial charge < -0.3 is 9.47 Å². The average Bonchev–Trinajstić information content (AvgIpc) is 2.36. The van der Waals surface area contributed by atoms with Crippen LogP contribution in [-0.4, -0.2) is 23.9 Å². The van der Waals surface area contributed by atoms with Crippen molar-refractivity contribution in [1.29, 1.82) is 0 Å². The molecule has 0 amide bonds. The van der Waals surface area contributed by atoms with Crippen LogP contribution < -0.4 is 0 Å². The van der Waals surface area contributed by atoms with Crippen LogP contribution in [0.3, 0.4) is 0 Å². The number of benzene rings is 1. The maximum atomic E-state index is 12.8. The molecule has 0 atom stereocenters. The average molecular weight is 329 g/mol. The van der Waals surface area contributed by atoms with E-state index >= 15 is 0 Å². The van der Waals surface area contributed by atoms with E-state index in [0.717, 1.165) is 12.3 Å². The summed E-state index contributed by atoms with van der Waals surface area (Å²) in [5.74, 6) is -4.50. The fourth-order valence-corrected chi connectivity index (χ4v) is 2.01. The summed E-state index contributed by atoms with van der Waals surface area (Å²) in [5, 5.41) is 0. The van der Waals surface area contributed by atoms with Crippen molar-refractivity contribution in [3.05, 3.63) is 29.3 Å². The summed E-state index contributed by atoms with van der Waals surface area (Å²) in [6, 6.07) is 3.45. The van der Waals surface area contributed by atoms with Gasteiger partial charge in [-0.05, 0) is 24.6 Å². The van der Waals surface area contributed by atoms with Crippen LogP contribution in [-0.2, 0) is 25.2 Å². The van der Waals surface area contributed by atoms with Gasteiger partial charge in [0.15, 0.2) is 5.92 Å². The molecule has 1 aliphatic rings. The van der Waals surface area contributed by atoms with Gasteiger partial charge in [-0.3, -0.25) is 14.6 Å². The molecule has 0 spiro atoms. The van der Waals surface area contributed by atoms with Crippen LogP contribution >= 0.6 is 0 Å². The Balaban J connectivity index is 2.24. The van der Waals surface area contributed by atoms with Gasteiger partial charge in [-0.1, -0.05) is 6.07 Å². The molecule has 1 saturated heterocycles. The normalized spacial score (nSPS) is 18.9. The first-order valence-corrected chi connectivity index (χ1v) is 6.67. The van der Waals surface area contributed by atoms with Crippen LogP contribution in [0, 0.1) is 12.8 Å². The van der Waals surface area contributed by atoms with Crippen molar-refractivity contribution in [2.45, 2.75) is 32.7 Å². The van der Waals surface area contributed by atoms with Crippen molar-refractivity contribution in [1.82, 2.24) is 0 Å². The predicted molar refractivity (Wildman–Crippen MR) is 74.1 cm³/mol. The third-order valence-electron chi connectivity index (χ3n) is 3.10. The molecule has 0 saturated carbocycles. The van der Waals surface area contributed by atoms with Gasteiger partial charge in [0.2, 0.25) is 0 Å². The predicted octanol–water partition coefficient (Wildman–Crippen LogP) is 3.17. The minimum Gasteiger partial charge on any atom is -0.422 e. The lowest BCUT2D eigenvalue weighted by Crippen LogP contribution is -2.46. The van der Waals surface area contributed by atoms with Crippen molar-refractivity contribution in [3.63, 3.8) is 0 Å². The summed E-state index contributed by atoms with van der Waals surface area (Å²) in [7, 11) is 0. The summed E-state index contributed by atoms with van der Waals surface area (Å²) >= 11 is 0. The fraction of sp³-hybridized carbons (Fsp3) is 0.400. The van der Waals surface area contributed by atoms with Gasteiger partial charge in [0.25, 0.3) is 5.79 Å². The molecular weight excluding hydrogens is 315 g/mol. The Kier molecular flexibility index (Phi) is 4.19. The quantitative estimate of drug-likeness (QED) is 0.475. The maximum absolute atomic E-state index is 12.8. The van der Waals surface area contributed by atoms with Gasteiger partial charge in [-0.15, -0.1) is 0 Å². The summed E-state index contributed by atoms with van der Waals surface area (Å²) < 4.78 is 48.3. The Hall–Kier alpha value is -2.38. The second-order valence-electron chi connectivity index (χ2n) is 5.49. The topological polar surface area (TPSA) is 65.0 Å². The summed E-state index contributed by atoms with van der Waals surface area (Å²) in [5.41, 5.74) is -0.815. The Morgan fingerprint density at radius 2 is 1.74 bits per heavy atom. The van der Waals surface area contributed by atoms with Crippen molar-refractivity contribution in [2.75, 3.05) is 0 Å². The number of alkyl halides is 3. The van der Waals surface area contributed by atoms with Crippen molar-refractivity contribution in [3.8, 4) is 0 Å². The van der Waals surface area contributed by atoms with Gasteiger partial charge >= 0.3 is 18.1 Å². The van der Waals surface area contributed by atoms with Crippen LogP contribution in [0.25, 0.3) is 0 Å². The van der Waals surface area contributed by atoms with E-state index in [1.54, 1.807) is 0 Å². The molecule has 0 aromatic heterocycles. The summed E-state index contributed by atoms with van der Waals surface area (Å²) in [6.45, 7) is 4.12. The van der Waals surface area contributed by atoms with Crippen LogP contribution in [0.2, 0.25) is 0 Å². The Bertz CT molecular complexity index is 660. The SMILES string of the molecule is Cc1ccc(N=CC2C(=O)OC(C)(C)OC2=O)cc1C(F)(F)F. The highest BCUT2D eigenvalue weighted by Crippen LogP contribution is 2.34. The fourth-order valence-electron chi connectivity index (χ4n) is 2.01. The molecule has 23 heavy (non-hydrogen) atoms. The Morgan fingerprint density at radius 3 is 2.26 bits per heavy atom. The molecular formula is C15H14F3NO4. The monoisotopic (exact) mass is 329 g/mol. The summed E-state index contributed by atoms with van der Waals surface area (Å²) in [6.07, 6.45) is -3.59. The highest BCUT2D eigenvalue weighted by Gasteiger charge is 2.42. The van der Waals surface area contributed by atoms with Crippen molar-refractivity contribution in [2.24, 2.45) is 10.9 Å². The van der Waals surface area contributed by atoms with Crippen molar-refractivity contribution >= 4 is 23.8 Å². The van der Waals surface area contributed by atoms with E-state index in [-0.39, 0.29) is 11.3 Å². The van der Waals surface area contributed by atoms with Crippen LogP contribution in [0.1, 0.15) is 25.0 Å². The molecule has 0 bridgehead atoms. The second-order valence-corrected chi connectivity index (χ2v) is 5.49. The Labute approximate surface area is 130 Å². The minimum atomic E-state index is -4.51. The number of aliphatic imine (C=N–C) groups is 1. The first-order valence-electron chi connectivity index (χ1n) is 6.67. The van der Waals surface area contributed by atoms with Crippen LogP contribution in [0.4, 0.5) is 18.9 Å². The van der Waals surface area contributed by atoms with E-state index in [9.17, 15) is 22.8 Å². The number of carbonyl (C=O) groups is 2. The third kappa shape index (κ3) is 3.88. The zero-order chi connectivity index (χ0) is 17.4. The second kappa shape index (κ2) is 5.68. The standard InChI is InChI=1S/C15H14F3NO4/c1-8-4-5-9(6-11(8)15(16,17)18)19-7-10-12(20)22-14(2,3)23-13(10)21/h4-7,10H,1-3H3. The van der Waals surface area contributed by atoms with E-state index in [4.69, 9.17) is 9.47 Å². The lowest BCUT2D eigenvalue weighted by Gasteiger charge is -2.31. The molecule has 0 N–H and O–H groups in total. The Morgan fingerprint density at radius 1 is 1.17 bits per heavy atom. The molecule has 0 unspecified atom stereocenters. The van der Waals surface area contributed by atoms with Gasteiger partial charge in [-0.2, -0.15) is 13.2 Å². The number of hydrogen-bond acceptors (Lipinski definition) is 5. The number of rotatable bonds is 2. The number of aryl methyl sites for hydroxylation is 1. The molecule has 8 heteroatoms. The highest BCUT2D eigenvalue weighted by atomic mass is 19.4. The van der Waals surface area contributed by atoms with Crippen LogP contribution in [0.5, 0.6) is 0 Å². The molecule has 1 fully saturated rings. The molecule has 0 radical (unpaired) electrons. The van der Waals surface area contributed by atoms with Crippen LogP contribution in [0.15, 0.2) is 23.2 Å². The highest BCUT2D eigenvalue weighted by molar-refractivity contribution is 6.10. The number of nitrogens with zero attached hydrogens (tertiary/aromatic N) is 1. The molecule has 1 aromatic rings. The molecule has 1 aliphatic heterocycles. The van der Waals surface area contributed by atoms with E-state index < -0.39 is 35.4 Å². The summed E-state index contributed by atoms with van der Waals surface area (Å²) in [4.78, 5) is 27.2. The third-order valence-corrected chi connectivity index (χ3v) is 3.10. The minimum absolute atomic E-state index is 0.0339. The smallest absolute Gasteiger partial charge is 0.416 e. The van der Waals surface area contributed by atoms with Crippen molar-refractivity contribution < 1.29 is 32.2 Å². The first kappa shape index (κ1) is 17.0. The van der Waals surface area contributed by atoms with E-state index in [0.29, 0.717) is 0 Å². The lowest BCUT2D eigenvalue weighted by atomic mass is 10.1. The zero-order valence-electron chi connectivity index (χ0n) is 12.6. The van der Waals surface area contributed by atoms with E-state index in [2.05, 4.69) is 4.99 Å². The van der Waals surface area contributed by atoms with Gasteiger partial charge in [-0.25, -0.2) is 0 Å². The largest absolute Gasteiger partial charge is 0.422 e. The number of halogens is 3. The number of cyclic esters (lactones) is 2. The first-order chi connectivity index (χ1) is 10.5. The number of ether oxygens (including phenoxy) is 2. The van der Waals surface area contributed by atoms with E-state index in [1.165, 1.54) is 32.9 Å². The number of carbonyl (C=O) groups excluding carboxylic acids is 2. The van der Waals surface area contributed by atoms with E-state index in [1.807, 2.05) is 0 Å². The lowest BCUT2D eigenvalue weighted by molar-refractivity contribution is -0.235. The zero-order valence-corrected chi connectivity index (χ0v) is 12.6. The molecule has 5 nitrogen and oxygen atoms in total. The maximum Gasteiger partial charge on any atom is 0.416 e. The number of hydrogen-bond donors (Lipinski definition) is 0.